The summed E-state index contributed by atoms with van der Waals surface area (Å²) in [7, 11) is 0. The molecule has 120 valence electrons. The smallest absolute Gasteiger partial charge is 0.304 e. The molecule has 0 aliphatic rings. The lowest BCUT2D eigenvalue weighted by Gasteiger charge is -2.24. The van der Waals surface area contributed by atoms with Gasteiger partial charge < -0.3 is 4.74 Å². The van der Waals surface area contributed by atoms with Gasteiger partial charge in [-0.05, 0) is 17.7 Å². The zero-order chi connectivity index (χ0) is 17.0. The number of hydrogen-bond donors (Lipinski definition) is 1. The molecule has 0 heterocycles. The second kappa shape index (κ2) is 7.21. The molecule has 0 aliphatic carbocycles. The Hall–Kier alpha value is -2.44. The summed E-state index contributed by atoms with van der Waals surface area (Å²) >= 11 is 6.01. The van der Waals surface area contributed by atoms with Gasteiger partial charge >= 0.3 is 5.97 Å². The summed E-state index contributed by atoms with van der Waals surface area (Å²) in [6.45, 7) is 1.23. The topological polar surface area (TPSA) is 95.5 Å². The van der Waals surface area contributed by atoms with Gasteiger partial charge in [0.05, 0.1) is 10.8 Å². The van der Waals surface area contributed by atoms with Crippen molar-refractivity contribution in [3.63, 3.8) is 0 Å². The van der Waals surface area contributed by atoms with Crippen LogP contribution in [0.1, 0.15) is 24.0 Å². The first-order valence-electron chi connectivity index (χ1n) is 6.81. The lowest BCUT2D eigenvalue weighted by atomic mass is 9.88. The fourth-order valence-electron chi connectivity index (χ4n) is 2.42. The SMILES string of the molecule is CC(=O)OC(N)C(c1cccc(Cl)c1)c1ccccc1[N+](=O)[O-]. The maximum absolute atomic E-state index is 11.3. The lowest BCUT2D eigenvalue weighted by Crippen LogP contribution is -2.34. The minimum absolute atomic E-state index is 0.0972. The minimum Gasteiger partial charge on any atom is -0.446 e. The summed E-state index contributed by atoms with van der Waals surface area (Å²) in [6, 6.07) is 13.0. The van der Waals surface area contributed by atoms with Gasteiger partial charge in [-0.2, -0.15) is 0 Å². The molecular formula is C16H15ClN2O4. The number of ether oxygens (including phenoxy) is 1. The number of nitro groups is 1. The largest absolute Gasteiger partial charge is 0.446 e. The van der Waals surface area contributed by atoms with Crippen LogP contribution in [-0.4, -0.2) is 17.1 Å². The number of carbonyl (C=O) groups excluding carboxylic acids is 1. The summed E-state index contributed by atoms with van der Waals surface area (Å²) in [6.07, 6.45) is -1.08. The van der Waals surface area contributed by atoms with E-state index in [9.17, 15) is 14.9 Å². The van der Waals surface area contributed by atoms with E-state index in [1.165, 1.54) is 13.0 Å². The average molecular weight is 335 g/mol. The molecule has 0 aromatic heterocycles. The first-order chi connectivity index (χ1) is 10.9. The van der Waals surface area contributed by atoms with E-state index in [4.69, 9.17) is 22.1 Å². The molecule has 0 aliphatic heterocycles. The molecule has 2 rings (SSSR count). The van der Waals surface area contributed by atoms with E-state index in [1.54, 1.807) is 42.5 Å². The second-order valence-electron chi connectivity index (χ2n) is 4.92. The van der Waals surface area contributed by atoms with Crippen LogP contribution in [0.15, 0.2) is 48.5 Å². The van der Waals surface area contributed by atoms with Crippen LogP contribution in [0.4, 0.5) is 5.69 Å². The number of benzene rings is 2. The van der Waals surface area contributed by atoms with Crippen LogP contribution >= 0.6 is 11.6 Å². The highest BCUT2D eigenvalue weighted by Crippen LogP contribution is 2.34. The predicted molar refractivity (Wildman–Crippen MR) is 86.1 cm³/mol. The third-order valence-corrected chi connectivity index (χ3v) is 3.54. The number of esters is 1. The maximum Gasteiger partial charge on any atom is 0.304 e. The second-order valence-corrected chi connectivity index (χ2v) is 5.36. The molecule has 0 spiro atoms. The van der Waals surface area contributed by atoms with Gasteiger partial charge in [-0.3, -0.25) is 20.6 Å². The third kappa shape index (κ3) is 4.06. The Morgan fingerprint density at radius 1 is 1.26 bits per heavy atom. The molecule has 23 heavy (non-hydrogen) atoms. The summed E-state index contributed by atoms with van der Waals surface area (Å²) in [5, 5.41) is 11.8. The minimum atomic E-state index is -1.08. The Labute approximate surface area is 138 Å². The summed E-state index contributed by atoms with van der Waals surface area (Å²) < 4.78 is 5.07. The van der Waals surface area contributed by atoms with Crippen molar-refractivity contribution >= 4 is 23.3 Å². The number of halogens is 1. The summed E-state index contributed by atoms with van der Waals surface area (Å²) in [5.74, 6) is -1.28. The van der Waals surface area contributed by atoms with Crippen LogP contribution in [0.3, 0.4) is 0 Å². The van der Waals surface area contributed by atoms with E-state index in [0.717, 1.165) is 0 Å². The van der Waals surface area contributed by atoms with Gasteiger partial charge in [0.25, 0.3) is 5.69 Å². The van der Waals surface area contributed by atoms with Crippen molar-refractivity contribution in [1.82, 2.24) is 0 Å². The molecule has 6 nitrogen and oxygen atoms in total. The highest BCUT2D eigenvalue weighted by atomic mass is 35.5. The number of nitrogens with two attached hydrogens (primary N) is 1. The molecule has 0 saturated heterocycles. The van der Waals surface area contributed by atoms with Crippen molar-refractivity contribution in [3.05, 3.63) is 74.8 Å². The molecule has 7 heteroatoms. The van der Waals surface area contributed by atoms with Crippen molar-refractivity contribution < 1.29 is 14.5 Å². The van der Waals surface area contributed by atoms with Crippen molar-refractivity contribution in [2.45, 2.75) is 19.1 Å². The van der Waals surface area contributed by atoms with Gasteiger partial charge in [-0.25, -0.2) is 0 Å². The van der Waals surface area contributed by atoms with Crippen molar-refractivity contribution in [1.29, 1.82) is 0 Å². The van der Waals surface area contributed by atoms with E-state index < -0.39 is 23.0 Å². The Morgan fingerprint density at radius 2 is 1.96 bits per heavy atom. The van der Waals surface area contributed by atoms with Crippen molar-refractivity contribution in [3.8, 4) is 0 Å². The van der Waals surface area contributed by atoms with Gasteiger partial charge in [0.1, 0.15) is 0 Å². The van der Waals surface area contributed by atoms with E-state index >= 15 is 0 Å². The molecule has 2 aromatic carbocycles. The molecule has 0 bridgehead atoms. The van der Waals surface area contributed by atoms with E-state index in [2.05, 4.69) is 0 Å². The molecule has 0 saturated carbocycles. The highest BCUT2D eigenvalue weighted by Gasteiger charge is 2.30. The first-order valence-corrected chi connectivity index (χ1v) is 7.19. The fraction of sp³-hybridized carbons (Fsp3) is 0.188. The monoisotopic (exact) mass is 334 g/mol. The average Bonchev–Trinajstić information content (AvgIpc) is 2.47. The number of hydrogen-bond acceptors (Lipinski definition) is 5. The third-order valence-electron chi connectivity index (χ3n) is 3.31. The van der Waals surface area contributed by atoms with Crippen LogP contribution in [0.25, 0.3) is 0 Å². The molecule has 0 radical (unpaired) electrons. The Morgan fingerprint density at radius 3 is 2.57 bits per heavy atom. The molecule has 0 fully saturated rings. The quantitative estimate of drug-likeness (QED) is 0.392. The first kappa shape index (κ1) is 16.9. The van der Waals surface area contributed by atoms with Crippen molar-refractivity contribution in [2.24, 2.45) is 5.73 Å². The molecule has 2 N–H and O–H groups in total. The van der Waals surface area contributed by atoms with Gasteiger partial charge in [0.15, 0.2) is 6.23 Å². The van der Waals surface area contributed by atoms with Crippen molar-refractivity contribution in [2.75, 3.05) is 0 Å². The normalized spacial score (nSPS) is 13.2. The molecule has 0 amide bonds. The van der Waals surface area contributed by atoms with Crippen LogP contribution in [-0.2, 0) is 9.53 Å². The van der Waals surface area contributed by atoms with Crippen LogP contribution in [0.5, 0.6) is 0 Å². The number of para-hydroxylation sites is 1. The fourth-order valence-corrected chi connectivity index (χ4v) is 2.62. The molecule has 2 atom stereocenters. The molecule has 2 unspecified atom stereocenters. The Kier molecular flexibility index (Phi) is 5.31. The predicted octanol–water partition coefficient (Wildman–Crippen LogP) is 3.23. The Bertz CT molecular complexity index is 736. The molecular weight excluding hydrogens is 320 g/mol. The Balaban J connectivity index is 2.58. The summed E-state index contributed by atoms with van der Waals surface area (Å²) in [5.41, 5.74) is 6.88. The van der Waals surface area contributed by atoms with Crippen LogP contribution in [0, 0.1) is 10.1 Å². The van der Waals surface area contributed by atoms with Crippen LogP contribution in [0.2, 0.25) is 5.02 Å². The molecule has 2 aromatic rings. The number of nitro benzene ring substituents is 1. The van der Waals surface area contributed by atoms with Gasteiger partial charge in [0.2, 0.25) is 0 Å². The van der Waals surface area contributed by atoms with Gasteiger partial charge in [0, 0.05) is 23.6 Å². The van der Waals surface area contributed by atoms with E-state index in [-0.39, 0.29) is 5.69 Å². The maximum atomic E-state index is 11.3. The highest BCUT2D eigenvalue weighted by molar-refractivity contribution is 6.30. The zero-order valence-corrected chi connectivity index (χ0v) is 13.1. The summed E-state index contributed by atoms with van der Waals surface area (Å²) in [4.78, 5) is 22.1. The van der Waals surface area contributed by atoms with Crippen LogP contribution < -0.4 is 5.73 Å². The zero-order valence-electron chi connectivity index (χ0n) is 12.3. The lowest BCUT2D eigenvalue weighted by molar-refractivity contribution is -0.385. The van der Waals surface area contributed by atoms with E-state index in [1.807, 2.05) is 0 Å². The number of nitrogens with zero attached hydrogens (tertiary/aromatic N) is 1. The number of carbonyl (C=O) groups is 1. The van der Waals surface area contributed by atoms with E-state index in [0.29, 0.717) is 16.1 Å². The number of rotatable bonds is 5. The van der Waals surface area contributed by atoms with Gasteiger partial charge in [-0.1, -0.05) is 41.9 Å². The standard InChI is InChI=1S/C16H15ClN2O4/c1-10(20)23-16(18)15(11-5-4-6-12(17)9-11)13-7-2-3-8-14(13)19(21)22/h2-9,15-16H,18H2,1H3. The van der Waals surface area contributed by atoms with Gasteiger partial charge in [-0.15, -0.1) is 0 Å².